The van der Waals surface area contributed by atoms with Gasteiger partial charge in [-0.05, 0) is 79.4 Å². The van der Waals surface area contributed by atoms with E-state index in [-0.39, 0.29) is 17.0 Å². The molecule has 0 amide bonds. The van der Waals surface area contributed by atoms with Crippen LogP contribution in [0, 0.1) is 0 Å². The van der Waals surface area contributed by atoms with Gasteiger partial charge in [-0.3, -0.25) is 0 Å². The number of halogens is 2. The van der Waals surface area contributed by atoms with Crippen molar-refractivity contribution in [2.24, 2.45) is 0 Å². The van der Waals surface area contributed by atoms with Crippen molar-refractivity contribution in [1.82, 2.24) is 0 Å². The third kappa shape index (κ3) is 10.3. The van der Waals surface area contributed by atoms with Crippen LogP contribution in [0.4, 0.5) is 0 Å². The number of aliphatic hydroxyl groups is 1. The van der Waals surface area contributed by atoms with Crippen molar-refractivity contribution < 1.29 is 19.3 Å². The Bertz CT molecular complexity index is 1190. The zero-order chi connectivity index (χ0) is 30.4. The van der Waals surface area contributed by atoms with Gasteiger partial charge in [0, 0.05) is 39.4 Å². The van der Waals surface area contributed by atoms with Crippen LogP contribution in [0.3, 0.4) is 0 Å². The summed E-state index contributed by atoms with van der Waals surface area (Å²) in [6, 6.07) is 12.6. The Morgan fingerprint density at radius 3 is 2.19 bits per heavy atom. The van der Waals surface area contributed by atoms with Gasteiger partial charge in [0.05, 0.1) is 24.2 Å². The number of ether oxygens (including phenoxy) is 3. The summed E-state index contributed by atoms with van der Waals surface area (Å²) in [6.07, 6.45) is 0.880. The first-order valence-corrected chi connectivity index (χ1v) is 22.5. The molecule has 5 rings (SSSR count). The normalized spacial score (nSPS) is 22.6. The smallest absolute Gasteiger partial charge is 0.133 e. The maximum atomic E-state index is 10.4. The second-order valence-electron chi connectivity index (χ2n) is 11.2. The summed E-state index contributed by atoms with van der Waals surface area (Å²) < 4.78 is 21.3. The summed E-state index contributed by atoms with van der Waals surface area (Å²) in [5.41, 5.74) is 2.36. The number of hydrogen-bond acceptors (Lipinski definition) is 10. The fourth-order valence-corrected chi connectivity index (χ4v) is 14.5. The molecule has 2 aromatic rings. The van der Waals surface area contributed by atoms with E-state index in [1.165, 1.54) is 40.6 Å². The molecule has 1 N–H and O–H groups in total. The van der Waals surface area contributed by atoms with Crippen LogP contribution < -0.4 is 9.47 Å². The fraction of sp³-hybridized carbons (Fsp3) is 0.613. The summed E-state index contributed by atoms with van der Waals surface area (Å²) in [6.45, 7) is 7.63. The number of thioether (sulfide) groups is 6. The first-order valence-electron chi connectivity index (χ1n) is 14.6. The lowest BCUT2D eigenvalue weighted by atomic mass is 9.78. The number of benzene rings is 2. The molecule has 0 aromatic heterocycles. The Labute approximate surface area is 299 Å². The van der Waals surface area contributed by atoms with Gasteiger partial charge in [-0.1, -0.05) is 32.9 Å². The van der Waals surface area contributed by atoms with E-state index < -0.39 is 6.10 Å². The minimum atomic E-state index is -0.482. The molecule has 4 atom stereocenters. The molecule has 4 nitrogen and oxygen atoms in total. The number of epoxide rings is 1. The summed E-state index contributed by atoms with van der Waals surface area (Å²) in [5.74, 6) is 8.45. The molecule has 3 aliphatic rings. The lowest BCUT2D eigenvalue weighted by Gasteiger charge is -2.27. The standard InChI is InChI=1S/C31H40Br2O4S6/c1-19(30-41-12-13-42-30)43-29-27(37-29)17-36-26-7-5-21(15-24(26)33)31(2,3)20-4-6-25(23(32)14-20)35-16-22(34)18-38-9-8-28-39-10-11-40-28/h4-7,14-15,19,22,27-30,34H,8-13,16-18H2,1-3H3. The third-order valence-corrected chi connectivity index (χ3v) is 18.3. The second kappa shape index (κ2) is 16.9. The molecule has 0 saturated carbocycles. The Kier molecular flexibility index (Phi) is 13.9. The first kappa shape index (κ1) is 35.3. The van der Waals surface area contributed by atoms with Gasteiger partial charge in [-0.25, -0.2) is 0 Å². The average Bonchev–Trinajstić information content (AvgIpc) is 3.36. The molecular formula is C31H40Br2O4S6. The molecule has 0 aliphatic carbocycles. The van der Waals surface area contributed by atoms with Crippen molar-refractivity contribution in [3.63, 3.8) is 0 Å². The molecule has 0 spiro atoms. The lowest BCUT2D eigenvalue weighted by Crippen LogP contribution is -2.21. The Balaban J connectivity index is 1.07. The monoisotopic (exact) mass is 826 g/mol. The van der Waals surface area contributed by atoms with Crippen molar-refractivity contribution in [2.45, 2.75) is 64.7 Å². The molecule has 3 aliphatic heterocycles. The van der Waals surface area contributed by atoms with Gasteiger partial charge >= 0.3 is 0 Å². The number of hydrogen-bond donors (Lipinski definition) is 1. The highest BCUT2D eigenvalue weighted by Gasteiger charge is 2.43. The molecule has 0 bridgehead atoms. The summed E-state index contributed by atoms with van der Waals surface area (Å²) >= 11 is 19.5. The molecule has 4 unspecified atom stereocenters. The average molecular weight is 829 g/mol. The molecule has 2 aromatic carbocycles. The van der Waals surface area contributed by atoms with Crippen molar-refractivity contribution >= 4 is 102 Å². The third-order valence-electron chi connectivity index (χ3n) is 7.56. The molecule has 3 saturated heterocycles. The maximum absolute atomic E-state index is 10.4. The van der Waals surface area contributed by atoms with Gasteiger partial charge in [0.2, 0.25) is 0 Å². The van der Waals surface area contributed by atoms with Crippen molar-refractivity contribution in [1.29, 1.82) is 0 Å². The van der Waals surface area contributed by atoms with Gasteiger partial charge in [0.25, 0.3) is 0 Å². The molecule has 0 radical (unpaired) electrons. The molecular weight excluding hydrogens is 789 g/mol. The van der Waals surface area contributed by atoms with E-state index in [1.54, 1.807) is 0 Å². The SMILES string of the molecule is CC(SC1OC1COc1ccc(C(C)(C)c2ccc(OCC(O)CSCCC3SCCS3)c(Br)c2)cc1Br)C1SCCS1. The van der Waals surface area contributed by atoms with Gasteiger partial charge in [0.15, 0.2) is 0 Å². The maximum Gasteiger partial charge on any atom is 0.133 e. The Hall–Kier alpha value is 1.02. The number of rotatable bonds is 16. The minimum absolute atomic E-state index is 0.157. The van der Waals surface area contributed by atoms with Crippen LogP contribution in [-0.2, 0) is 10.2 Å². The van der Waals surface area contributed by atoms with E-state index in [0.29, 0.717) is 28.8 Å². The van der Waals surface area contributed by atoms with E-state index in [2.05, 4.69) is 130 Å². The Morgan fingerprint density at radius 2 is 1.56 bits per heavy atom. The summed E-state index contributed by atoms with van der Waals surface area (Å²) in [5, 5.41) is 11.0. The number of aliphatic hydroxyl groups excluding tert-OH is 1. The van der Waals surface area contributed by atoms with Crippen molar-refractivity contribution in [3.8, 4) is 11.5 Å². The van der Waals surface area contributed by atoms with Crippen molar-refractivity contribution in [2.75, 3.05) is 47.7 Å². The van der Waals surface area contributed by atoms with E-state index in [9.17, 15) is 5.11 Å². The van der Waals surface area contributed by atoms with Crippen LogP contribution in [0.5, 0.6) is 11.5 Å². The van der Waals surface area contributed by atoms with Gasteiger partial charge in [-0.15, -0.1) is 58.8 Å². The highest BCUT2D eigenvalue weighted by molar-refractivity contribution is 9.11. The molecule has 3 fully saturated rings. The van der Waals surface area contributed by atoms with Gasteiger partial charge in [0.1, 0.15) is 36.3 Å². The van der Waals surface area contributed by atoms with Gasteiger partial charge < -0.3 is 19.3 Å². The van der Waals surface area contributed by atoms with E-state index in [0.717, 1.165) is 30.8 Å². The van der Waals surface area contributed by atoms with Crippen LogP contribution in [0.1, 0.15) is 38.3 Å². The molecule has 12 heteroatoms. The van der Waals surface area contributed by atoms with E-state index >= 15 is 0 Å². The molecule has 3 heterocycles. The van der Waals surface area contributed by atoms with Gasteiger partial charge in [-0.2, -0.15) is 11.8 Å². The van der Waals surface area contributed by atoms with Crippen LogP contribution in [0.15, 0.2) is 45.3 Å². The summed E-state index contributed by atoms with van der Waals surface area (Å²) in [7, 11) is 0. The van der Waals surface area contributed by atoms with Crippen LogP contribution >= 0.6 is 102 Å². The minimum Gasteiger partial charge on any atom is -0.490 e. The highest BCUT2D eigenvalue weighted by Crippen LogP contribution is 2.45. The quantitative estimate of drug-likeness (QED) is 0.131. The van der Waals surface area contributed by atoms with E-state index in [1.807, 2.05) is 29.6 Å². The summed E-state index contributed by atoms with van der Waals surface area (Å²) in [4.78, 5) is 0. The Morgan fingerprint density at radius 1 is 0.953 bits per heavy atom. The second-order valence-corrected chi connectivity index (χ2v) is 21.3. The zero-order valence-corrected chi connectivity index (χ0v) is 32.7. The largest absolute Gasteiger partial charge is 0.490 e. The van der Waals surface area contributed by atoms with Crippen LogP contribution in [0.25, 0.3) is 0 Å². The van der Waals surface area contributed by atoms with E-state index in [4.69, 9.17) is 14.2 Å². The van der Waals surface area contributed by atoms with Crippen LogP contribution in [0.2, 0.25) is 0 Å². The predicted molar refractivity (Wildman–Crippen MR) is 202 cm³/mol. The molecule has 43 heavy (non-hydrogen) atoms. The predicted octanol–water partition coefficient (Wildman–Crippen LogP) is 9.24. The first-order chi connectivity index (χ1) is 20.7. The lowest BCUT2D eigenvalue weighted by molar-refractivity contribution is 0.126. The van der Waals surface area contributed by atoms with Crippen molar-refractivity contribution in [3.05, 3.63) is 56.5 Å². The van der Waals surface area contributed by atoms with Crippen LogP contribution in [-0.4, -0.2) is 84.9 Å². The zero-order valence-electron chi connectivity index (χ0n) is 24.7. The fourth-order valence-electron chi connectivity index (χ4n) is 4.85. The molecule has 238 valence electrons. The topological polar surface area (TPSA) is 51.2 Å². The highest BCUT2D eigenvalue weighted by atomic mass is 79.9.